The van der Waals surface area contributed by atoms with Crippen molar-refractivity contribution < 1.29 is 13.2 Å². The number of para-hydroxylation sites is 1. The van der Waals surface area contributed by atoms with Crippen LogP contribution in [0.15, 0.2) is 41.4 Å². The van der Waals surface area contributed by atoms with Crippen molar-refractivity contribution in [3.63, 3.8) is 0 Å². The van der Waals surface area contributed by atoms with E-state index in [1.165, 1.54) is 4.31 Å². The minimum Gasteiger partial charge on any atom is -0.336 e. The molecule has 2 fully saturated rings. The number of carbonyl (C=O) groups is 1. The van der Waals surface area contributed by atoms with Gasteiger partial charge in [-0.05, 0) is 25.0 Å². The quantitative estimate of drug-likeness (QED) is 0.860. The van der Waals surface area contributed by atoms with Gasteiger partial charge in [0.15, 0.2) is 0 Å². The van der Waals surface area contributed by atoms with Crippen molar-refractivity contribution in [2.75, 3.05) is 32.7 Å². The molecule has 8 heteroatoms. The Hall–Kier alpha value is -2.03. The highest BCUT2D eigenvalue weighted by atomic mass is 32.2. The lowest BCUT2D eigenvalue weighted by atomic mass is 10.1. The number of piperazine rings is 1. The molecule has 2 aromatic rings. The smallest absolute Gasteiger partial charge is 0.245 e. The van der Waals surface area contributed by atoms with Crippen molar-refractivity contribution in [3.05, 3.63) is 36.5 Å². The van der Waals surface area contributed by atoms with E-state index in [-0.39, 0.29) is 16.8 Å². The number of benzene rings is 1. The molecule has 7 nitrogen and oxygen atoms in total. The maximum absolute atomic E-state index is 13.3. The molecule has 1 aromatic carbocycles. The average Bonchev–Trinajstić information content (AvgIpc) is 2.68. The molecule has 0 bridgehead atoms. The molecule has 3 heterocycles. The van der Waals surface area contributed by atoms with Crippen molar-refractivity contribution in [1.82, 2.24) is 19.5 Å². The van der Waals surface area contributed by atoms with E-state index in [2.05, 4.69) is 10.3 Å². The molecule has 2 saturated heterocycles. The number of hydrogen-bond acceptors (Lipinski definition) is 5. The summed E-state index contributed by atoms with van der Waals surface area (Å²) in [6.07, 6.45) is 3.20. The maximum Gasteiger partial charge on any atom is 0.245 e. The molecule has 1 aromatic heterocycles. The van der Waals surface area contributed by atoms with Gasteiger partial charge in [-0.2, -0.15) is 4.31 Å². The summed E-state index contributed by atoms with van der Waals surface area (Å²) in [5.74, 6) is 0.0484. The molecule has 0 radical (unpaired) electrons. The number of piperidine rings is 1. The van der Waals surface area contributed by atoms with Crippen LogP contribution in [0.1, 0.15) is 12.8 Å². The fourth-order valence-corrected chi connectivity index (χ4v) is 5.51. The molecule has 138 valence electrons. The summed E-state index contributed by atoms with van der Waals surface area (Å²) in [5.41, 5.74) is 0.496. The van der Waals surface area contributed by atoms with Crippen LogP contribution in [0.3, 0.4) is 0 Å². The summed E-state index contributed by atoms with van der Waals surface area (Å²) in [7, 11) is -3.66. The molecule has 1 amide bonds. The van der Waals surface area contributed by atoms with Gasteiger partial charge in [0.2, 0.25) is 15.9 Å². The van der Waals surface area contributed by atoms with E-state index < -0.39 is 10.0 Å². The number of sulfonamides is 1. The Kier molecular flexibility index (Phi) is 4.64. The number of rotatable bonds is 3. The predicted octanol–water partition coefficient (Wildman–Crippen LogP) is 0.820. The third kappa shape index (κ3) is 3.08. The lowest BCUT2D eigenvalue weighted by Gasteiger charge is -2.40. The number of amides is 1. The summed E-state index contributed by atoms with van der Waals surface area (Å²) in [6.45, 7) is 2.53. The topological polar surface area (TPSA) is 82.6 Å². The van der Waals surface area contributed by atoms with Crippen LogP contribution in [0.5, 0.6) is 0 Å². The first-order chi connectivity index (χ1) is 12.6. The number of hydrogen-bond donors (Lipinski definition) is 1. The second-order valence-electron chi connectivity index (χ2n) is 6.75. The molecular formula is C18H22N4O3S. The lowest BCUT2D eigenvalue weighted by molar-refractivity contribution is -0.135. The summed E-state index contributed by atoms with van der Waals surface area (Å²) >= 11 is 0. The van der Waals surface area contributed by atoms with Gasteiger partial charge in [0.05, 0.1) is 12.1 Å². The SMILES string of the molecule is O=C1CNCCN1C1CCCN(S(=O)(=O)c2cccc3cccnc23)C1. The normalized spacial score (nSPS) is 22.7. The van der Waals surface area contributed by atoms with E-state index in [0.717, 1.165) is 24.8 Å². The van der Waals surface area contributed by atoms with E-state index in [9.17, 15) is 13.2 Å². The number of nitrogens with zero attached hydrogens (tertiary/aromatic N) is 3. The molecule has 1 N–H and O–H groups in total. The van der Waals surface area contributed by atoms with Crippen LogP contribution in [-0.2, 0) is 14.8 Å². The van der Waals surface area contributed by atoms with E-state index in [1.54, 1.807) is 24.4 Å². The summed E-state index contributed by atoms with van der Waals surface area (Å²) in [4.78, 5) is 18.5. The van der Waals surface area contributed by atoms with E-state index in [0.29, 0.717) is 31.7 Å². The second kappa shape index (κ2) is 6.94. The zero-order valence-corrected chi connectivity index (χ0v) is 15.3. The molecule has 0 spiro atoms. The summed E-state index contributed by atoms with van der Waals surface area (Å²) in [5, 5.41) is 3.86. The standard InChI is InChI=1S/C18H22N4O3S/c23-17-12-19-9-11-22(17)15-6-3-10-21(13-15)26(24,25)16-7-1-4-14-5-2-8-20-18(14)16/h1-2,4-5,7-8,15,19H,3,6,9-13H2. The first-order valence-electron chi connectivity index (χ1n) is 8.91. The van der Waals surface area contributed by atoms with E-state index >= 15 is 0 Å². The molecule has 0 aliphatic carbocycles. The van der Waals surface area contributed by atoms with Gasteiger partial charge in [0.25, 0.3) is 0 Å². The second-order valence-corrected chi connectivity index (χ2v) is 8.66. The Bertz CT molecular complexity index is 926. The summed E-state index contributed by atoms with van der Waals surface area (Å²) in [6, 6.07) is 8.82. The highest BCUT2D eigenvalue weighted by Gasteiger charge is 2.35. The number of fused-ring (bicyclic) bond motifs is 1. The van der Waals surface area contributed by atoms with Gasteiger partial charge in [0, 0.05) is 43.8 Å². The Labute approximate surface area is 153 Å². The van der Waals surface area contributed by atoms with Crippen LogP contribution in [0.2, 0.25) is 0 Å². The number of nitrogens with one attached hydrogen (secondary N) is 1. The number of aromatic nitrogens is 1. The highest BCUT2D eigenvalue weighted by molar-refractivity contribution is 7.89. The Morgan fingerprint density at radius 3 is 2.85 bits per heavy atom. The van der Waals surface area contributed by atoms with Crippen molar-refractivity contribution in [3.8, 4) is 0 Å². The lowest BCUT2D eigenvalue weighted by Crippen LogP contribution is -2.57. The van der Waals surface area contributed by atoms with E-state index in [4.69, 9.17) is 0 Å². The highest BCUT2D eigenvalue weighted by Crippen LogP contribution is 2.27. The van der Waals surface area contributed by atoms with Crippen molar-refractivity contribution in [1.29, 1.82) is 0 Å². The molecule has 26 heavy (non-hydrogen) atoms. The monoisotopic (exact) mass is 374 g/mol. The van der Waals surface area contributed by atoms with Gasteiger partial charge in [0.1, 0.15) is 4.90 Å². The van der Waals surface area contributed by atoms with Crippen molar-refractivity contribution >= 4 is 26.8 Å². The Morgan fingerprint density at radius 2 is 2.00 bits per heavy atom. The van der Waals surface area contributed by atoms with Crippen molar-refractivity contribution in [2.45, 2.75) is 23.8 Å². The van der Waals surface area contributed by atoms with Gasteiger partial charge in [-0.3, -0.25) is 9.78 Å². The van der Waals surface area contributed by atoms with E-state index in [1.807, 2.05) is 17.0 Å². The largest absolute Gasteiger partial charge is 0.336 e. The minimum atomic E-state index is -3.66. The van der Waals surface area contributed by atoms with Crippen LogP contribution < -0.4 is 5.32 Å². The minimum absolute atomic E-state index is 0.0484. The molecule has 1 atom stereocenters. The van der Waals surface area contributed by atoms with Gasteiger partial charge in [-0.25, -0.2) is 8.42 Å². The van der Waals surface area contributed by atoms with Crippen LogP contribution in [0, 0.1) is 0 Å². The molecule has 4 rings (SSSR count). The average molecular weight is 374 g/mol. The van der Waals surface area contributed by atoms with Gasteiger partial charge in [-0.1, -0.05) is 18.2 Å². The fourth-order valence-electron chi connectivity index (χ4n) is 3.82. The maximum atomic E-state index is 13.3. The van der Waals surface area contributed by atoms with Crippen LogP contribution in [-0.4, -0.2) is 67.3 Å². The number of carbonyl (C=O) groups excluding carboxylic acids is 1. The molecule has 1 unspecified atom stereocenters. The van der Waals surface area contributed by atoms with Crippen molar-refractivity contribution in [2.24, 2.45) is 0 Å². The first-order valence-corrected chi connectivity index (χ1v) is 10.4. The third-order valence-electron chi connectivity index (χ3n) is 5.14. The van der Waals surface area contributed by atoms with Crippen LogP contribution in [0.4, 0.5) is 0 Å². The van der Waals surface area contributed by atoms with Gasteiger partial charge < -0.3 is 10.2 Å². The van der Waals surface area contributed by atoms with Gasteiger partial charge in [-0.15, -0.1) is 0 Å². The van der Waals surface area contributed by atoms with Crippen LogP contribution in [0.25, 0.3) is 10.9 Å². The zero-order valence-electron chi connectivity index (χ0n) is 14.5. The first kappa shape index (κ1) is 17.4. The molecule has 2 aliphatic rings. The summed E-state index contributed by atoms with van der Waals surface area (Å²) < 4.78 is 28.1. The Morgan fingerprint density at radius 1 is 1.15 bits per heavy atom. The predicted molar refractivity (Wildman–Crippen MR) is 98.1 cm³/mol. The molecule has 0 saturated carbocycles. The Balaban J connectivity index is 1.64. The van der Waals surface area contributed by atoms with Crippen LogP contribution >= 0.6 is 0 Å². The third-order valence-corrected chi connectivity index (χ3v) is 7.04. The zero-order chi connectivity index (χ0) is 18.1. The fraction of sp³-hybridized carbons (Fsp3) is 0.444. The van der Waals surface area contributed by atoms with Gasteiger partial charge >= 0.3 is 0 Å². The number of pyridine rings is 1. The molecule has 2 aliphatic heterocycles. The molecular weight excluding hydrogens is 352 g/mol.